The van der Waals surface area contributed by atoms with E-state index in [9.17, 15) is 18.3 Å². The zero-order valence-electron chi connectivity index (χ0n) is 12.5. The molecule has 1 unspecified atom stereocenters. The predicted molar refractivity (Wildman–Crippen MR) is 88.9 cm³/mol. The van der Waals surface area contributed by atoms with Crippen molar-refractivity contribution in [1.82, 2.24) is 9.71 Å². The fraction of sp³-hybridized carbons (Fsp3) is 0.0588. The number of sulfonamides is 1. The van der Waals surface area contributed by atoms with Crippen LogP contribution in [0.3, 0.4) is 0 Å². The number of carbonyl (C=O) groups is 1. The molecule has 1 aromatic heterocycles. The van der Waals surface area contributed by atoms with Crippen LogP contribution in [0, 0.1) is 0 Å². The van der Waals surface area contributed by atoms with Gasteiger partial charge >= 0.3 is 5.97 Å². The lowest BCUT2D eigenvalue weighted by molar-refractivity contribution is -0.139. The molecule has 0 aliphatic heterocycles. The Bertz CT molecular complexity index is 982. The number of aromatic nitrogens is 1. The summed E-state index contributed by atoms with van der Waals surface area (Å²) in [6, 6.07) is 15.0. The summed E-state index contributed by atoms with van der Waals surface area (Å²) in [4.78, 5) is 15.6. The number of carboxylic acid groups (broad SMARTS) is 1. The van der Waals surface area contributed by atoms with Crippen LogP contribution in [-0.4, -0.2) is 24.5 Å². The first-order chi connectivity index (χ1) is 11.5. The lowest BCUT2D eigenvalue weighted by Crippen LogP contribution is -2.33. The van der Waals surface area contributed by atoms with E-state index in [2.05, 4.69) is 9.71 Å². The molecule has 3 aromatic rings. The molecule has 0 saturated heterocycles. The molecule has 0 amide bonds. The van der Waals surface area contributed by atoms with E-state index in [1.165, 1.54) is 12.3 Å². The van der Waals surface area contributed by atoms with Gasteiger partial charge < -0.3 is 5.11 Å². The summed E-state index contributed by atoms with van der Waals surface area (Å²) < 4.78 is 27.7. The molecule has 24 heavy (non-hydrogen) atoms. The van der Waals surface area contributed by atoms with Crippen molar-refractivity contribution in [3.63, 3.8) is 0 Å². The normalized spacial score (nSPS) is 12.8. The van der Waals surface area contributed by atoms with Gasteiger partial charge in [-0.25, -0.2) is 8.42 Å². The van der Waals surface area contributed by atoms with Gasteiger partial charge in [-0.1, -0.05) is 48.5 Å². The largest absolute Gasteiger partial charge is 0.480 e. The zero-order valence-corrected chi connectivity index (χ0v) is 13.3. The van der Waals surface area contributed by atoms with Crippen LogP contribution in [0.4, 0.5) is 0 Å². The highest BCUT2D eigenvalue weighted by Gasteiger charge is 2.28. The molecule has 7 heteroatoms. The number of pyridine rings is 1. The van der Waals surface area contributed by atoms with E-state index in [4.69, 9.17) is 0 Å². The summed E-state index contributed by atoms with van der Waals surface area (Å²) in [5.41, 5.74) is 0.645. The van der Waals surface area contributed by atoms with E-state index >= 15 is 0 Å². The number of aliphatic carboxylic acids is 1. The number of nitrogens with one attached hydrogen (secondary N) is 1. The zero-order chi connectivity index (χ0) is 17.2. The molecule has 2 aromatic carbocycles. The summed E-state index contributed by atoms with van der Waals surface area (Å²) in [5.74, 6) is -1.28. The van der Waals surface area contributed by atoms with E-state index in [1.54, 1.807) is 54.6 Å². The highest BCUT2D eigenvalue weighted by atomic mass is 32.2. The minimum atomic E-state index is -4.07. The van der Waals surface area contributed by atoms with E-state index in [0.29, 0.717) is 16.5 Å². The number of hydrogen-bond acceptors (Lipinski definition) is 4. The molecular formula is C17H14N2O4S. The van der Waals surface area contributed by atoms with Gasteiger partial charge in [0.25, 0.3) is 0 Å². The third kappa shape index (κ3) is 3.12. The maximum Gasteiger partial charge on any atom is 0.326 e. The number of benzene rings is 2. The first kappa shape index (κ1) is 16.1. The van der Waals surface area contributed by atoms with Gasteiger partial charge in [0, 0.05) is 11.6 Å². The van der Waals surface area contributed by atoms with Crippen molar-refractivity contribution in [2.75, 3.05) is 0 Å². The second-order valence-corrected chi connectivity index (χ2v) is 6.82. The van der Waals surface area contributed by atoms with Crippen LogP contribution < -0.4 is 4.72 Å². The Kier molecular flexibility index (Phi) is 4.28. The van der Waals surface area contributed by atoms with Crippen LogP contribution in [0.1, 0.15) is 11.6 Å². The van der Waals surface area contributed by atoms with Crippen LogP contribution in [0.5, 0.6) is 0 Å². The van der Waals surface area contributed by atoms with Crippen molar-refractivity contribution < 1.29 is 18.3 Å². The van der Waals surface area contributed by atoms with E-state index in [0.717, 1.165) is 0 Å². The van der Waals surface area contributed by atoms with Crippen molar-refractivity contribution in [2.24, 2.45) is 0 Å². The summed E-state index contributed by atoms with van der Waals surface area (Å²) in [5, 5.41) is 10.1. The summed E-state index contributed by atoms with van der Waals surface area (Å²) in [7, 11) is -4.07. The van der Waals surface area contributed by atoms with E-state index in [-0.39, 0.29) is 4.90 Å². The maximum absolute atomic E-state index is 12.7. The summed E-state index contributed by atoms with van der Waals surface area (Å²) >= 11 is 0. The molecular weight excluding hydrogens is 328 g/mol. The second kappa shape index (κ2) is 6.38. The standard InChI is InChI=1S/C17H14N2O4S/c20-17(21)16(13-6-2-1-3-7-13)19-24(22,23)14-10-4-8-12-9-5-11-18-15(12)14/h1-11,16,19H,(H,20,21). The smallest absolute Gasteiger partial charge is 0.326 e. The molecule has 0 aliphatic rings. The topological polar surface area (TPSA) is 96.4 Å². The van der Waals surface area contributed by atoms with Gasteiger partial charge in [-0.15, -0.1) is 0 Å². The van der Waals surface area contributed by atoms with Crippen LogP contribution in [0.15, 0.2) is 71.8 Å². The van der Waals surface area contributed by atoms with Crippen LogP contribution in [0.25, 0.3) is 10.9 Å². The Morgan fingerprint density at radius 2 is 1.71 bits per heavy atom. The van der Waals surface area contributed by atoms with Crippen LogP contribution >= 0.6 is 0 Å². The number of carboxylic acids is 1. The van der Waals surface area contributed by atoms with Gasteiger partial charge in [0.15, 0.2) is 0 Å². The SMILES string of the molecule is O=C(O)C(NS(=O)(=O)c1cccc2cccnc12)c1ccccc1. The van der Waals surface area contributed by atoms with Gasteiger partial charge in [0.05, 0.1) is 5.52 Å². The quantitative estimate of drug-likeness (QED) is 0.742. The lowest BCUT2D eigenvalue weighted by Gasteiger charge is -2.16. The number of para-hydroxylation sites is 1. The van der Waals surface area contributed by atoms with Gasteiger partial charge in [-0.3, -0.25) is 9.78 Å². The summed E-state index contributed by atoms with van der Waals surface area (Å²) in [6.45, 7) is 0. The highest BCUT2D eigenvalue weighted by molar-refractivity contribution is 7.89. The van der Waals surface area contributed by atoms with Crippen molar-refractivity contribution >= 4 is 26.9 Å². The van der Waals surface area contributed by atoms with Crippen LogP contribution in [-0.2, 0) is 14.8 Å². The molecule has 0 spiro atoms. The molecule has 0 bridgehead atoms. The van der Waals surface area contributed by atoms with Crippen molar-refractivity contribution in [3.05, 3.63) is 72.4 Å². The molecule has 0 saturated carbocycles. The fourth-order valence-electron chi connectivity index (χ4n) is 2.42. The molecule has 0 radical (unpaired) electrons. The first-order valence-corrected chi connectivity index (χ1v) is 8.61. The lowest BCUT2D eigenvalue weighted by atomic mass is 10.1. The fourth-order valence-corrected chi connectivity index (χ4v) is 3.78. The Balaban J connectivity index is 2.05. The molecule has 122 valence electrons. The minimum Gasteiger partial charge on any atom is -0.480 e. The highest BCUT2D eigenvalue weighted by Crippen LogP contribution is 2.23. The molecule has 1 heterocycles. The molecule has 0 aliphatic carbocycles. The number of fused-ring (bicyclic) bond motifs is 1. The van der Waals surface area contributed by atoms with Crippen molar-refractivity contribution in [1.29, 1.82) is 0 Å². The Morgan fingerprint density at radius 3 is 2.42 bits per heavy atom. The third-order valence-electron chi connectivity index (χ3n) is 3.54. The Labute approximate surface area is 138 Å². The Morgan fingerprint density at radius 1 is 1.00 bits per heavy atom. The molecule has 2 N–H and O–H groups in total. The number of hydrogen-bond donors (Lipinski definition) is 2. The molecule has 1 atom stereocenters. The Hall–Kier alpha value is -2.77. The molecule has 6 nitrogen and oxygen atoms in total. The number of rotatable bonds is 5. The van der Waals surface area contributed by atoms with Gasteiger partial charge in [0.2, 0.25) is 10.0 Å². The van der Waals surface area contributed by atoms with Crippen molar-refractivity contribution in [3.8, 4) is 0 Å². The van der Waals surface area contributed by atoms with Gasteiger partial charge in [-0.05, 0) is 17.7 Å². The second-order valence-electron chi connectivity index (χ2n) is 5.13. The molecule has 3 rings (SSSR count). The first-order valence-electron chi connectivity index (χ1n) is 7.13. The van der Waals surface area contributed by atoms with Crippen molar-refractivity contribution in [2.45, 2.75) is 10.9 Å². The number of nitrogens with zero attached hydrogens (tertiary/aromatic N) is 1. The average molecular weight is 342 g/mol. The monoisotopic (exact) mass is 342 g/mol. The van der Waals surface area contributed by atoms with Crippen LogP contribution in [0.2, 0.25) is 0 Å². The summed E-state index contributed by atoms with van der Waals surface area (Å²) in [6.07, 6.45) is 1.49. The maximum atomic E-state index is 12.7. The average Bonchev–Trinajstić information content (AvgIpc) is 2.60. The predicted octanol–water partition coefficient (Wildman–Crippen LogP) is 2.34. The molecule has 0 fully saturated rings. The van der Waals surface area contributed by atoms with Gasteiger partial charge in [-0.2, -0.15) is 4.72 Å². The van der Waals surface area contributed by atoms with Gasteiger partial charge in [0.1, 0.15) is 10.9 Å². The van der Waals surface area contributed by atoms with E-state index in [1.807, 2.05) is 0 Å². The third-order valence-corrected chi connectivity index (χ3v) is 4.99. The van der Waals surface area contributed by atoms with E-state index < -0.39 is 22.0 Å². The minimum absolute atomic E-state index is 0.0530.